The second-order valence-electron chi connectivity index (χ2n) is 6.17. The zero-order valence-electron chi connectivity index (χ0n) is 13.3. The zero-order chi connectivity index (χ0) is 15.1. The molecule has 2 unspecified atom stereocenters. The van der Waals surface area contributed by atoms with Crippen molar-refractivity contribution in [2.24, 2.45) is 5.92 Å². The van der Waals surface area contributed by atoms with Crippen molar-refractivity contribution in [3.63, 3.8) is 0 Å². The first-order valence-electron chi connectivity index (χ1n) is 8.17. The number of rotatable bonds is 6. The predicted molar refractivity (Wildman–Crippen MR) is 88.3 cm³/mol. The quantitative estimate of drug-likeness (QED) is 0.866. The van der Waals surface area contributed by atoms with E-state index in [1.807, 2.05) is 12.1 Å². The van der Waals surface area contributed by atoms with Crippen molar-refractivity contribution in [2.75, 3.05) is 25.0 Å². The van der Waals surface area contributed by atoms with Gasteiger partial charge in [-0.15, -0.1) is 0 Å². The molecule has 3 nitrogen and oxygen atoms in total. The molecule has 2 rings (SSSR count). The molecule has 1 saturated heterocycles. The molecule has 0 bridgehead atoms. The maximum absolute atomic E-state index is 8.70. The van der Waals surface area contributed by atoms with Gasteiger partial charge in [0.25, 0.3) is 0 Å². The molecule has 0 spiro atoms. The van der Waals surface area contributed by atoms with Gasteiger partial charge in [-0.05, 0) is 62.9 Å². The lowest BCUT2D eigenvalue weighted by atomic mass is 9.91. The van der Waals surface area contributed by atoms with E-state index in [0.29, 0.717) is 12.5 Å². The lowest BCUT2D eigenvalue weighted by molar-refractivity contribution is 0.165. The maximum atomic E-state index is 8.70. The van der Waals surface area contributed by atoms with E-state index < -0.39 is 0 Å². The summed E-state index contributed by atoms with van der Waals surface area (Å²) in [5.74, 6) is 0.726. The molecule has 2 atom stereocenters. The van der Waals surface area contributed by atoms with Crippen LogP contribution < -0.4 is 5.32 Å². The molecule has 114 valence electrons. The molecule has 1 aliphatic rings. The Kier molecular flexibility index (Phi) is 6.07. The smallest absolute Gasteiger partial charge is 0.0669 e. The largest absolute Gasteiger partial charge is 0.382 e. The summed E-state index contributed by atoms with van der Waals surface area (Å²) in [6.07, 6.45) is 4.37. The van der Waals surface area contributed by atoms with Crippen LogP contribution in [-0.4, -0.2) is 30.6 Å². The van der Waals surface area contributed by atoms with Crippen LogP contribution in [-0.2, 0) is 6.42 Å². The molecule has 1 fully saturated rings. The minimum Gasteiger partial charge on any atom is -0.382 e. The standard InChI is InChI=1S/C18H27N3/c1-3-12-21-13-4-5-17(14-21)15(2)20-18-8-6-16(7-9-18)10-11-19/h6-9,15,17,20H,3-5,10,12-14H2,1-2H3. The minimum absolute atomic E-state index is 0.491. The van der Waals surface area contributed by atoms with E-state index in [1.165, 1.54) is 38.9 Å². The molecule has 1 aliphatic heterocycles. The topological polar surface area (TPSA) is 39.1 Å². The first kappa shape index (κ1) is 15.9. The number of likely N-dealkylation sites (tertiary alicyclic amines) is 1. The summed E-state index contributed by atoms with van der Waals surface area (Å²) in [6.45, 7) is 8.26. The molecule has 1 heterocycles. The second kappa shape index (κ2) is 8.05. The van der Waals surface area contributed by atoms with Gasteiger partial charge >= 0.3 is 0 Å². The number of nitrogens with zero attached hydrogens (tertiary/aromatic N) is 2. The number of nitrogens with one attached hydrogen (secondary N) is 1. The number of hydrogen-bond donors (Lipinski definition) is 1. The molecule has 3 heteroatoms. The first-order valence-corrected chi connectivity index (χ1v) is 8.17. The van der Waals surface area contributed by atoms with Gasteiger partial charge in [0.15, 0.2) is 0 Å². The van der Waals surface area contributed by atoms with Crippen molar-refractivity contribution in [3.8, 4) is 6.07 Å². The highest BCUT2D eigenvalue weighted by Gasteiger charge is 2.24. The Hall–Kier alpha value is -1.53. The summed E-state index contributed by atoms with van der Waals surface area (Å²) in [5.41, 5.74) is 2.25. The van der Waals surface area contributed by atoms with E-state index in [0.717, 1.165) is 17.2 Å². The fraction of sp³-hybridized carbons (Fsp3) is 0.611. The third-order valence-electron chi connectivity index (χ3n) is 4.42. The van der Waals surface area contributed by atoms with Crippen molar-refractivity contribution >= 4 is 5.69 Å². The molecule has 1 aromatic rings. The zero-order valence-corrected chi connectivity index (χ0v) is 13.3. The van der Waals surface area contributed by atoms with Crippen LogP contribution in [0, 0.1) is 17.2 Å². The van der Waals surface area contributed by atoms with E-state index in [9.17, 15) is 0 Å². The summed E-state index contributed by atoms with van der Waals surface area (Å²) in [7, 11) is 0. The Morgan fingerprint density at radius 3 is 2.81 bits per heavy atom. The molecule has 0 amide bonds. The molecule has 1 N–H and O–H groups in total. The monoisotopic (exact) mass is 285 g/mol. The number of nitriles is 1. The molecular formula is C18H27N3. The number of hydrogen-bond acceptors (Lipinski definition) is 3. The van der Waals surface area contributed by atoms with Crippen LogP contribution in [0.2, 0.25) is 0 Å². The van der Waals surface area contributed by atoms with Crippen LogP contribution in [0.25, 0.3) is 0 Å². The Bertz CT molecular complexity index is 458. The Morgan fingerprint density at radius 2 is 2.14 bits per heavy atom. The average Bonchev–Trinajstić information content (AvgIpc) is 2.50. The second-order valence-corrected chi connectivity index (χ2v) is 6.17. The van der Waals surface area contributed by atoms with Crippen LogP contribution in [0.5, 0.6) is 0 Å². The summed E-state index contributed by atoms with van der Waals surface area (Å²) in [6, 6.07) is 11.0. The van der Waals surface area contributed by atoms with E-state index in [-0.39, 0.29) is 0 Å². The van der Waals surface area contributed by atoms with Gasteiger partial charge in [-0.2, -0.15) is 5.26 Å². The van der Waals surface area contributed by atoms with E-state index in [2.05, 4.69) is 42.3 Å². The molecule has 0 saturated carbocycles. The maximum Gasteiger partial charge on any atom is 0.0669 e. The van der Waals surface area contributed by atoms with E-state index >= 15 is 0 Å². The third kappa shape index (κ3) is 4.75. The Balaban J connectivity index is 1.88. The van der Waals surface area contributed by atoms with Gasteiger partial charge in [0.2, 0.25) is 0 Å². The van der Waals surface area contributed by atoms with E-state index in [4.69, 9.17) is 5.26 Å². The van der Waals surface area contributed by atoms with Crippen LogP contribution in [0.15, 0.2) is 24.3 Å². The van der Waals surface area contributed by atoms with Crippen molar-refractivity contribution in [3.05, 3.63) is 29.8 Å². The summed E-state index contributed by atoms with van der Waals surface area (Å²) < 4.78 is 0. The van der Waals surface area contributed by atoms with Crippen molar-refractivity contribution < 1.29 is 0 Å². The van der Waals surface area contributed by atoms with Gasteiger partial charge in [-0.1, -0.05) is 19.1 Å². The van der Waals surface area contributed by atoms with Gasteiger partial charge in [0.05, 0.1) is 12.5 Å². The molecule has 0 aromatic heterocycles. The normalized spacial score (nSPS) is 20.7. The van der Waals surface area contributed by atoms with Gasteiger partial charge in [-0.25, -0.2) is 0 Å². The summed E-state index contributed by atoms with van der Waals surface area (Å²) in [5, 5.41) is 12.3. The summed E-state index contributed by atoms with van der Waals surface area (Å²) in [4.78, 5) is 2.60. The highest BCUT2D eigenvalue weighted by Crippen LogP contribution is 2.22. The predicted octanol–water partition coefficient (Wildman–Crippen LogP) is 3.68. The van der Waals surface area contributed by atoms with Gasteiger partial charge in [-0.3, -0.25) is 0 Å². The van der Waals surface area contributed by atoms with Crippen molar-refractivity contribution in [2.45, 2.75) is 45.6 Å². The molecule has 0 aliphatic carbocycles. The van der Waals surface area contributed by atoms with Crippen LogP contribution >= 0.6 is 0 Å². The number of anilines is 1. The van der Waals surface area contributed by atoms with Crippen molar-refractivity contribution in [1.29, 1.82) is 5.26 Å². The van der Waals surface area contributed by atoms with Gasteiger partial charge in [0, 0.05) is 18.3 Å². The molecule has 0 radical (unpaired) electrons. The highest BCUT2D eigenvalue weighted by molar-refractivity contribution is 5.45. The highest BCUT2D eigenvalue weighted by atomic mass is 15.1. The Morgan fingerprint density at radius 1 is 1.38 bits per heavy atom. The number of benzene rings is 1. The summed E-state index contributed by atoms with van der Waals surface area (Å²) >= 11 is 0. The fourth-order valence-electron chi connectivity index (χ4n) is 3.21. The third-order valence-corrected chi connectivity index (χ3v) is 4.42. The molecular weight excluding hydrogens is 258 g/mol. The van der Waals surface area contributed by atoms with Gasteiger partial charge in [0.1, 0.15) is 0 Å². The van der Waals surface area contributed by atoms with Crippen LogP contribution in [0.4, 0.5) is 5.69 Å². The van der Waals surface area contributed by atoms with E-state index in [1.54, 1.807) is 0 Å². The fourth-order valence-corrected chi connectivity index (χ4v) is 3.21. The molecule has 1 aromatic carbocycles. The van der Waals surface area contributed by atoms with Crippen LogP contribution in [0.3, 0.4) is 0 Å². The SMILES string of the molecule is CCCN1CCCC(C(C)Nc2ccc(CC#N)cc2)C1. The Labute approximate surface area is 129 Å². The van der Waals surface area contributed by atoms with Crippen molar-refractivity contribution in [1.82, 2.24) is 4.90 Å². The molecule has 21 heavy (non-hydrogen) atoms. The van der Waals surface area contributed by atoms with Crippen LogP contribution in [0.1, 0.15) is 38.7 Å². The average molecular weight is 285 g/mol. The number of piperidine rings is 1. The lowest BCUT2D eigenvalue weighted by Crippen LogP contribution is -2.42. The minimum atomic E-state index is 0.491. The lowest BCUT2D eigenvalue weighted by Gasteiger charge is -2.36. The first-order chi connectivity index (χ1) is 10.2. The van der Waals surface area contributed by atoms with Gasteiger partial charge < -0.3 is 10.2 Å².